The Labute approximate surface area is 190 Å². The van der Waals surface area contributed by atoms with E-state index in [9.17, 15) is 21.6 Å². The Kier molecular flexibility index (Phi) is 7.26. The number of benzene rings is 2. The number of nitrogens with zero attached hydrogens (tertiary/aromatic N) is 2. The summed E-state index contributed by atoms with van der Waals surface area (Å²) in [7, 11) is -5.41. The summed E-state index contributed by atoms with van der Waals surface area (Å²) in [5.41, 5.74) is 2.76. The van der Waals surface area contributed by atoms with Crippen molar-refractivity contribution >= 4 is 37.3 Å². The first-order valence-electron chi connectivity index (χ1n) is 10.3. The zero-order valence-electron chi connectivity index (χ0n) is 18.5. The quantitative estimate of drug-likeness (QED) is 0.657. The summed E-state index contributed by atoms with van der Waals surface area (Å²) in [4.78, 5) is 12.7. The summed E-state index contributed by atoms with van der Waals surface area (Å²) in [6.07, 6.45) is 1.97. The third-order valence-electron chi connectivity index (χ3n) is 5.66. The van der Waals surface area contributed by atoms with Gasteiger partial charge in [0.25, 0.3) is 0 Å². The van der Waals surface area contributed by atoms with E-state index in [-0.39, 0.29) is 17.6 Å². The molecule has 32 heavy (non-hydrogen) atoms. The van der Waals surface area contributed by atoms with Gasteiger partial charge in [-0.2, -0.15) is 0 Å². The SMILES string of the molecule is Cc1ccc(CS(=O)(=O)N2CCC(C(=O)Nc3cccc(N(C)S(C)(=O)=O)c3)CC2)cc1. The minimum Gasteiger partial charge on any atom is -0.326 e. The molecule has 1 heterocycles. The Morgan fingerprint density at radius 1 is 1.06 bits per heavy atom. The van der Waals surface area contributed by atoms with Gasteiger partial charge in [0.2, 0.25) is 26.0 Å². The highest BCUT2D eigenvalue weighted by Crippen LogP contribution is 2.25. The first-order chi connectivity index (χ1) is 15.0. The molecule has 1 N–H and O–H groups in total. The maximum Gasteiger partial charge on any atom is 0.231 e. The molecular formula is C22H29N3O5S2. The van der Waals surface area contributed by atoms with Crippen LogP contribution >= 0.6 is 0 Å². The lowest BCUT2D eigenvalue weighted by atomic mass is 9.97. The smallest absolute Gasteiger partial charge is 0.231 e. The molecule has 0 unspecified atom stereocenters. The molecule has 1 fully saturated rings. The number of sulfonamides is 2. The van der Waals surface area contributed by atoms with Crippen molar-refractivity contribution in [2.45, 2.75) is 25.5 Å². The average Bonchev–Trinajstić information content (AvgIpc) is 2.74. The molecule has 8 nitrogen and oxygen atoms in total. The standard InChI is InChI=1S/C22H29N3O5S2/c1-17-7-9-18(10-8-17)16-32(29,30)25-13-11-19(12-14-25)22(26)23-20-5-4-6-21(15-20)24(2)31(3,27)28/h4-10,15,19H,11-14,16H2,1-3H3,(H,23,26). The zero-order valence-corrected chi connectivity index (χ0v) is 20.1. The molecule has 1 aliphatic rings. The molecule has 0 saturated carbocycles. The fourth-order valence-corrected chi connectivity index (χ4v) is 5.66. The van der Waals surface area contributed by atoms with E-state index < -0.39 is 20.0 Å². The van der Waals surface area contributed by atoms with Gasteiger partial charge in [0, 0.05) is 31.7 Å². The molecule has 3 rings (SSSR count). The number of hydrogen-bond donors (Lipinski definition) is 1. The Balaban J connectivity index is 1.58. The maximum absolute atomic E-state index is 12.8. The van der Waals surface area contributed by atoms with Crippen molar-refractivity contribution in [2.75, 3.05) is 36.0 Å². The summed E-state index contributed by atoms with van der Waals surface area (Å²) in [6.45, 7) is 2.54. The fraction of sp³-hybridized carbons (Fsp3) is 0.409. The van der Waals surface area contributed by atoms with Gasteiger partial charge in [0.05, 0.1) is 17.7 Å². The van der Waals surface area contributed by atoms with Crippen LogP contribution in [0.1, 0.15) is 24.0 Å². The molecule has 0 bridgehead atoms. The van der Waals surface area contributed by atoms with Crippen LogP contribution in [-0.4, -0.2) is 53.4 Å². The van der Waals surface area contributed by atoms with Crippen molar-refractivity contribution in [1.29, 1.82) is 0 Å². The second-order valence-electron chi connectivity index (χ2n) is 8.19. The molecular weight excluding hydrogens is 450 g/mol. The van der Waals surface area contributed by atoms with Gasteiger partial charge < -0.3 is 5.32 Å². The predicted molar refractivity (Wildman–Crippen MR) is 126 cm³/mol. The van der Waals surface area contributed by atoms with Gasteiger partial charge in [0.15, 0.2) is 0 Å². The van der Waals surface area contributed by atoms with Crippen LogP contribution in [0.25, 0.3) is 0 Å². The minimum atomic E-state index is -3.45. The number of anilines is 2. The van der Waals surface area contributed by atoms with Gasteiger partial charge in [-0.1, -0.05) is 35.9 Å². The van der Waals surface area contributed by atoms with Gasteiger partial charge >= 0.3 is 0 Å². The Morgan fingerprint density at radius 2 is 1.69 bits per heavy atom. The highest BCUT2D eigenvalue weighted by atomic mass is 32.2. The fourth-order valence-electron chi connectivity index (χ4n) is 3.60. The van der Waals surface area contributed by atoms with Gasteiger partial charge in [-0.3, -0.25) is 9.10 Å². The van der Waals surface area contributed by atoms with Crippen molar-refractivity contribution in [3.05, 3.63) is 59.7 Å². The normalized spacial score (nSPS) is 16.0. The summed E-state index contributed by atoms with van der Waals surface area (Å²) in [6, 6.07) is 14.0. The lowest BCUT2D eigenvalue weighted by Crippen LogP contribution is -2.41. The summed E-state index contributed by atoms with van der Waals surface area (Å²) < 4.78 is 51.6. The molecule has 1 amide bonds. The van der Waals surface area contributed by atoms with Gasteiger partial charge in [0.1, 0.15) is 0 Å². The number of hydrogen-bond acceptors (Lipinski definition) is 5. The minimum absolute atomic E-state index is 0.0508. The highest BCUT2D eigenvalue weighted by molar-refractivity contribution is 7.92. The monoisotopic (exact) mass is 479 g/mol. The molecule has 1 saturated heterocycles. The van der Waals surface area contributed by atoms with E-state index in [1.807, 2.05) is 31.2 Å². The largest absolute Gasteiger partial charge is 0.326 e. The van der Waals surface area contributed by atoms with Crippen molar-refractivity contribution in [3.8, 4) is 0 Å². The third-order valence-corrected chi connectivity index (χ3v) is 8.72. The van der Waals surface area contributed by atoms with Crippen LogP contribution in [0.15, 0.2) is 48.5 Å². The molecule has 1 aliphatic heterocycles. The number of aryl methyl sites for hydroxylation is 1. The second kappa shape index (κ2) is 9.60. The summed E-state index contributed by atoms with van der Waals surface area (Å²) >= 11 is 0. The van der Waals surface area contributed by atoms with Crippen molar-refractivity contribution in [3.63, 3.8) is 0 Å². The molecule has 0 aromatic heterocycles. The van der Waals surface area contributed by atoms with Gasteiger partial charge in [-0.05, 0) is 43.5 Å². The van der Waals surface area contributed by atoms with E-state index in [2.05, 4.69) is 5.32 Å². The van der Waals surface area contributed by atoms with E-state index in [1.165, 1.54) is 11.4 Å². The maximum atomic E-state index is 12.8. The molecule has 0 radical (unpaired) electrons. The van der Waals surface area contributed by atoms with Crippen LogP contribution < -0.4 is 9.62 Å². The van der Waals surface area contributed by atoms with E-state index in [4.69, 9.17) is 0 Å². The van der Waals surface area contributed by atoms with Crippen LogP contribution in [-0.2, 0) is 30.6 Å². The number of rotatable bonds is 7. The van der Waals surface area contributed by atoms with Crippen LogP contribution in [0, 0.1) is 12.8 Å². The molecule has 0 aliphatic carbocycles. The average molecular weight is 480 g/mol. The van der Waals surface area contributed by atoms with Gasteiger partial charge in [-0.15, -0.1) is 0 Å². The number of carbonyl (C=O) groups is 1. The molecule has 2 aromatic carbocycles. The van der Waals surface area contributed by atoms with E-state index >= 15 is 0 Å². The van der Waals surface area contributed by atoms with E-state index in [0.29, 0.717) is 37.3 Å². The highest BCUT2D eigenvalue weighted by Gasteiger charge is 2.31. The van der Waals surface area contributed by atoms with Crippen LogP contribution in [0.5, 0.6) is 0 Å². The lowest BCUT2D eigenvalue weighted by Gasteiger charge is -2.30. The van der Waals surface area contributed by atoms with Gasteiger partial charge in [-0.25, -0.2) is 21.1 Å². The van der Waals surface area contributed by atoms with Crippen molar-refractivity contribution in [1.82, 2.24) is 4.31 Å². The summed E-state index contributed by atoms with van der Waals surface area (Å²) in [5.74, 6) is -0.554. The topological polar surface area (TPSA) is 104 Å². The van der Waals surface area contributed by atoms with Crippen molar-refractivity contribution in [2.24, 2.45) is 5.92 Å². The van der Waals surface area contributed by atoms with E-state index in [0.717, 1.165) is 21.7 Å². The molecule has 10 heteroatoms. The van der Waals surface area contributed by atoms with Crippen LogP contribution in [0.3, 0.4) is 0 Å². The summed E-state index contributed by atoms with van der Waals surface area (Å²) in [5, 5.41) is 2.83. The Bertz CT molecular complexity index is 1170. The molecule has 2 aromatic rings. The van der Waals surface area contributed by atoms with Crippen LogP contribution in [0.2, 0.25) is 0 Å². The zero-order chi connectivity index (χ0) is 23.5. The second-order valence-corrected chi connectivity index (χ2v) is 12.2. The molecule has 0 spiro atoms. The Hall–Kier alpha value is -2.43. The lowest BCUT2D eigenvalue weighted by molar-refractivity contribution is -0.120. The molecule has 174 valence electrons. The Morgan fingerprint density at radius 3 is 2.28 bits per heavy atom. The van der Waals surface area contributed by atoms with Crippen LogP contribution in [0.4, 0.5) is 11.4 Å². The number of nitrogens with one attached hydrogen (secondary N) is 1. The molecule has 0 atom stereocenters. The number of amides is 1. The number of carbonyl (C=O) groups excluding carboxylic acids is 1. The van der Waals surface area contributed by atoms with E-state index in [1.54, 1.807) is 24.3 Å². The third kappa shape index (κ3) is 6.08. The predicted octanol–water partition coefficient (Wildman–Crippen LogP) is 2.57. The van der Waals surface area contributed by atoms with Crippen molar-refractivity contribution < 1.29 is 21.6 Å². The first kappa shape index (κ1) is 24.2. The first-order valence-corrected chi connectivity index (χ1v) is 13.8. The number of piperidine rings is 1.